The summed E-state index contributed by atoms with van der Waals surface area (Å²) in [6.07, 6.45) is 1.76. The van der Waals surface area contributed by atoms with E-state index in [0.717, 1.165) is 22.7 Å². The standard InChI is InChI=1S/C17H18N4O3/c1-23-10-9-18-15-7-8-16-19-11-14(21(16)20-15)12-3-5-13(6-4-12)17(22)24-2/h3-8,11H,9-10H2,1-2H3,(H,18,20). The van der Waals surface area contributed by atoms with E-state index in [4.69, 9.17) is 9.47 Å². The van der Waals surface area contributed by atoms with E-state index in [2.05, 4.69) is 15.4 Å². The predicted molar refractivity (Wildman–Crippen MR) is 90.1 cm³/mol. The lowest BCUT2D eigenvalue weighted by Crippen LogP contribution is -2.10. The number of rotatable bonds is 6. The molecule has 2 heterocycles. The molecule has 24 heavy (non-hydrogen) atoms. The van der Waals surface area contributed by atoms with Crippen molar-refractivity contribution in [1.29, 1.82) is 0 Å². The third kappa shape index (κ3) is 3.21. The molecule has 7 heteroatoms. The number of methoxy groups -OCH3 is 2. The first kappa shape index (κ1) is 15.9. The maximum absolute atomic E-state index is 11.5. The summed E-state index contributed by atoms with van der Waals surface area (Å²) in [5, 5.41) is 7.74. The van der Waals surface area contributed by atoms with Crippen LogP contribution in [0.25, 0.3) is 16.9 Å². The zero-order valence-electron chi connectivity index (χ0n) is 13.5. The van der Waals surface area contributed by atoms with Crippen molar-refractivity contribution in [2.75, 3.05) is 32.7 Å². The van der Waals surface area contributed by atoms with E-state index < -0.39 is 0 Å². The number of carbonyl (C=O) groups excluding carboxylic acids is 1. The van der Waals surface area contributed by atoms with Crippen LogP contribution in [0, 0.1) is 0 Å². The Morgan fingerprint density at radius 2 is 1.96 bits per heavy atom. The Morgan fingerprint density at radius 3 is 2.67 bits per heavy atom. The number of carbonyl (C=O) groups is 1. The van der Waals surface area contributed by atoms with Crippen molar-refractivity contribution in [1.82, 2.24) is 14.6 Å². The first-order valence-electron chi connectivity index (χ1n) is 7.49. The van der Waals surface area contributed by atoms with Gasteiger partial charge in [-0.25, -0.2) is 14.3 Å². The number of nitrogens with zero attached hydrogens (tertiary/aromatic N) is 3. The zero-order chi connectivity index (χ0) is 16.9. The number of anilines is 1. The SMILES string of the molecule is COCCNc1ccc2ncc(-c3ccc(C(=O)OC)cc3)n2n1. The second kappa shape index (κ2) is 7.10. The second-order valence-electron chi connectivity index (χ2n) is 5.12. The van der Waals surface area contributed by atoms with E-state index >= 15 is 0 Å². The molecule has 0 spiro atoms. The summed E-state index contributed by atoms with van der Waals surface area (Å²) in [5.41, 5.74) is 3.01. The minimum atomic E-state index is -0.359. The van der Waals surface area contributed by atoms with Crippen LogP contribution in [0.3, 0.4) is 0 Å². The molecule has 0 unspecified atom stereocenters. The van der Waals surface area contributed by atoms with Crippen molar-refractivity contribution in [2.45, 2.75) is 0 Å². The average molecular weight is 326 g/mol. The Kier molecular flexibility index (Phi) is 4.72. The molecule has 0 saturated carbocycles. The summed E-state index contributed by atoms with van der Waals surface area (Å²) >= 11 is 0. The molecule has 7 nitrogen and oxygen atoms in total. The number of aromatic nitrogens is 3. The van der Waals surface area contributed by atoms with Gasteiger partial charge < -0.3 is 14.8 Å². The number of nitrogens with one attached hydrogen (secondary N) is 1. The molecule has 2 aromatic heterocycles. The van der Waals surface area contributed by atoms with Gasteiger partial charge in [0.25, 0.3) is 0 Å². The van der Waals surface area contributed by atoms with E-state index in [-0.39, 0.29) is 5.97 Å². The van der Waals surface area contributed by atoms with E-state index in [1.54, 1.807) is 30.0 Å². The fraction of sp³-hybridized carbons (Fsp3) is 0.235. The fourth-order valence-electron chi connectivity index (χ4n) is 2.34. The minimum Gasteiger partial charge on any atom is -0.465 e. The van der Waals surface area contributed by atoms with Gasteiger partial charge in [-0.1, -0.05) is 12.1 Å². The van der Waals surface area contributed by atoms with Crippen molar-refractivity contribution >= 4 is 17.4 Å². The summed E-state index contributed by atoms with van der Waals surface area (Å²) in [6, 6.07) is 10.9. The van der Waals surface area contributed by atoms with Gasteiger partial charge in [0.1, 0.15) is 5.82 Å². The number of fused-ring (bicyclic) bond motifs is 1. The number of hydrogen-bond donors (Lipinski definition) is 1. The Morgan fingerprint density at radius 1 is 1.17 bits per heavy atom. The highest BCUT2D eigenvalue weighted by Gasteiger charge is 2.10. The van der Waals surface area contributed by atoms with Gasteiger partial charge in [0.05, 0.1) is 31.2 Å². The summed E-state index contributed by atoms with van der Waals surface area (Å²) < 4.78 is 11.5. The van der Waals surface area contributed by atoms with Crippen LogP contribution in [0.1, 0.15) is 10.4 Å². The Balaban J connectivity index is 1.91. The monoisotopic (exact) mass is 326 g/mol. The van der Waals surface area contributed by atoms with E-state index in [1.807, 2.05) is 24.3 Å². The second-order valence-corrected chi connectivity index (χ2v) is 5.12. The lowest BCUT2D eigenvalue weighted by molar-refractivity contribution is 0.0601. The van der Waals surface area contributed by atoms with Crippen LogP contribution in [0.15, 0.2) is 42.6 Å². The highest BCUT2D eigenvalue weighted by molar-refractivity contribution is 5.89. The summed E-state index contributed by atoms with van der Waals surface area (Å²) in [4.78, 5) is 15.9. The van der Waals surface area contributed by atoms with Crippen molar-refractivity contribution in [3.63, 3.8) is 0 Å². The lowest BCUT2D eigenvalue weighted by atomic mass is 10.1. The molecule has 0 fully saturated rings. The molecule has 3 aromatic rings. The van der Waals surface area contributed by atoms with E-state index in [9.17, 15) is 4.79 Å². The van der Waals surface area contributed by atoms with E-state index in [0.29, 0.717) is 18.7 Å². The molecule has 0 saturated heterocycles. The molecular weight excluding hydrogens is 308 g/mol. The lowest BCUT2D eigenvalue weighted by Gasteiger charge is -2.07. The Hall–Kier alpha value is -2.93. The number of hydrogen-bond acceptors (Lipinski definition) is 6. The quantitative estimate of drug-likeness (QED) is 0.553. The topological polar surface area (TPSA) is 77.8 Å². The maximum atomic E-state index is 11.5. The minimum absolute atomic E-state index is 0.359. The highest BCUT2D eigenvalue weighted by Crippen LogP contribution is 2.21. The van der Waals surface area contributed by atoms with Crippen molar-refractivity contribution in [3.05, 3.63) is 48.2 Å². The first-order valence-corrected chi connectivity index (χ1v) is 7.49. The Bertz CT molecular complexity index is 843. The fourth-order valence-corrected chi connectivity index (χ4v) is 2.34. The third-order valence-electron chi connectivity index (χ3n) is 3.58. The first-order chi connectivity index (χ1) is 11.7. The van der Waals surface area contributed by atoms with Gasteiger partial charge in [-0.05, 0) is 24.3 Å². The molecule has 124 valence electrons. The number of esters is 1. The van der Waals surface area contributed by atoms with Crippen LogP contribution < -0.4 is 5.32 Å². The average Bonchev–Trinajstić information content (AvgIpc) is 3.04. The van der Waals surface area contributed by atoms with Crippen LogP contribution in [-0.4, -0.2) is 47.9 Å². The Labute approximate surface area is 139 Å². The smallest absolute Gasteiger partial charge is 0.337 e. The van der Waals surface area contributed by atoms with Gasteiger partial charge in [-0.15, -0.1) is 5.10 Å². The molecule has 0 aliphatic heterocycles. The van der Waals surface area contributed by atoms with E-state index in [1.165, 1.54) is 7.11 Å². The zero-order valence-corrected chi connectivity index (χ0v) is 13.5. The molecule has 0 aliphatic rings. The largest absolute Gasteiger partial charge is 0.465 e. The van der Waals surface area contributed by atoms with Crippen LogP contribution in [0.4, 0.5) is 5.82 Å². The van der Waals surface area contributed by atoms with Crippen molar-refractivity contribution in [3.8, 4) is 11.3 Å². The molecule has 1 N–H and O–H groups in total. The van der Waals surface area contributed by atoms with Gasteiger partial charge in [0.15, 0.2) is 5.65 Å². The molecule has 1 aromatic carbocycles. The highest BCUT2D eigenvalue weighted by atomic mass is 16.5. The number of ether oxygens (including phenoxy) is 2. The van der Waals surface area contributed by atoms with Crippen LogP contribution in [0.5, 0.6) is 0 Å². The van der Waals surface area contributed by atoms with Gasteiger partial charge in [0, 0.05) is 19.2 Å². The van der Waals surface area contributed by atoms with Gasteiger partial charge in [-0.2, -0.15) is 0 Å². The van der Waals surface area contributed by atoms with Crippen LogP contribution >= 0.6 is 0 Å². The van der Waals surface area contributed by atoms with Crippen molar-refractivity contribution in [2.24, 2.45) is 0 Å². The molecule has 0 amide bonds. The molecular formula is C17H18N4O3. The summed E-state index contributed by atoms with van der Waals surface area (Å²) in [5.74, 6) is 0.382. The third-order valence-corrected chi connectivity index (χ3v) is 3.58. The molecule has 0 aliphatic carbocycles. The van der Waals surface area contributed by atoms with Crippen LogP contribution in [-0.2, 0) is 9.47 Å². The van der Waals surface area contributed by atoms with Gasteiger partial charge in [-0.3, -0.25) is 0 Å². The number of imidazole rings is 1. The normalized spacial score (nSPS) is 10.8. The van der Waals surface area contributed by atoms with Crippen LogP contribution in [0.2, 0.25) is 0 Å². The molecule has 0 bridgehead atoms. The molecule has 3 rings (SSSR count). The molecule has 0 atom stereocenters. The van der Waals surface area contributed by atoms with Gasteiger partial charge in [0.2, 0.25) is 0 Å². The summed E-state index contributed by atoms with van der Waals surface area (Å²) in [7, 11) is 3.02. The van der Waals surface area contributed by atoms with Crippen molar-refractivity contribution < 1.29 is 14.3 Å². The maximum Gasteiger partial charge on any atom is 0.337 e. The summed E-state index contributed by atoms with van der Waals surface area (Å²) in [6.45, 7) is 1.28. The predicted octanol–water partition coefficient (Wildman–Crippen LogP) is 2.24. The number of benzene rings is 1. The van der Waals surface area contributed by atoms with Gasteiger partial charge >= 0.3 is 5.97 Å². The molecule has 0 radical (unpaired) electrons.